The van der Waals surface area contributed by atoms with Crippen LogP contribution in [0.25, 0.3) is 0 Å². The van der Waals surface area contributed by atoms with Gasteiger partial charge < -0.3 is 4.74 Å². The van der Waals surface area contributed by atoms with Gasteiger partial charge in [0, 0.05) is 6.20 Å². The lowest BCUT2D eigenvalue weighted by Gasteiger charge is -2.05. The highest BCUT2D eigenvalue weighted by Crippen LogP contribution is 2.08. The zero-order valence-electron chi connectivity index (χ0n) is 10.7. The highest BCUT2D eigenvalue weighted by molar-refractivity contribution is 5.87. The first-order valence-corrected chi connectivity index (χ1v) is 6.28. The van der Waals surface area contributed by atoms with Crippen molar-refractivity contribution in [1.29, 1.82) is 0 Å². The van der Waals surface area contributed by atoms with E-state index in [-0.39, 0.29) is 5.97 Å². The van der Waals surface area contributed by atoms with Gasteiger partial charge in [0.2, 0.25) is 0 Å². The Balaban J connectivity index is 2.09. The van der Waals surface area contributed by atoms with E-state index in [1.54, 1.807) is 24.4 Å². The van der Waals surface area contributed by atoms with E-state index >= 15 is 0 Å². The van der Waals surface area contributed by atoms with Gasteiger partial charge in [0.1, 0.15) is 5.69 Å². The van der Waals surface area contributed by atoms with Crippen molar-refractivity contribution in [2.75, 3.05) is 6.61 Å². The van der Waals surface area contributed by atoms with Crippen molar-refractivity contribution < 1.29 is 9.53 Å². The summed E-state index contributed by atoms with van der Waals surface area (Å²) in [7, 11) is 0. The average molecular weight is 235 g/mol. The number of rotatable bonds is 7. The number of hydrogen-bond acceptors (Lipinski definition) is 3. The molecule has 0 aliphatic rings. The maximum Gasteiger partial charge on any atom is 0.356 e. The van der Waals surface area contributed by atoms with Crippen LogP contribution in [-0.4, -0.2) is 17.6 Å². The first-order valence-electron chi connectivity index (χ1n) is 6.28. The van der Waals surface area contributed by atoms with Crippen molar-refractivity contribution in [2.45, 2.75) is 39.5 Å². The summed E-state index contributed by atoms with van der Waals surface area (Å²) in [4.78, 5) is 15.4. The third-order valence-electron chi connectivity index (χ3n) is 2.53. The van der Waals surface area contributed by atoms with Crippen LogP contribution in [0.2, 0.25) is 0 Å². The molecule has 0 aliphatic carbocycles. The lowest BCUT2D eigenvalue weighted by Crippen LogP contribution is -2.08. The highest BCUT2D eigenvalue weighted by atomic mass is 16.5. The molecule has 0 aliphatic heterocycles. The van der Waals surface area contributed by atoms with E-state index in [0.717, 1.165) is 18.8 Å². The number of carbonyl (C=O) groups excluding carboxylic acids is 1. The van der Waals surface area contributed by atoms with Gasteiger partial charge in [-0.3, -0.25) is 0 Å². The average Bonchev–Trinajstić information content (AvgIpc) is 2.34. The Kier molecular flexibility index (Phi) is 6.30. The Bertz CT molecular complexity index is 322. The molecule has 0 fully saturated rings. The number of nitrogens with zero attached hydrogens (tertiary/aromatic N) is 1. The molecule has 0 saturated heterocycles. The molecule has 94 valence electrons. The number of hydrogen-bond donors (Lipinski definition) is 0. The molecular formula is C14H21NO2. The monoisotopic (exact) mass is 235 g/mol. The number of pyridine rings is 1. The molecule has 0 N–H and O–H groups in total. The molecule has 0 atom stereocenters. The van der Waals surface area contributed by atoms with E-state index in [0.29, 0.717) is 12.3 Å². The van der Waals surface area contributed by atoms with Crippen LogP contribution < -0.4 is 0 Å². The third-order valence-corrected chi connectivity index (χ3v) is 2.53. The van der Waals surface area contributed by atoms with Gasteiger partial charge in [-0.15, -0.1) is 0 Å². The first-order chi connectivity index (χ1) is 8.20. The molecule has 0 unspecified atom stereocenters. The Morgan fingerprint density at radius 1 is 1.29 bits per heavy atom. The fraction of sp³-hybridized carbons (Fsp3) is 0.571. The van der Waals surface area contributed by atoms with Crippen molar-refractivity contribution in [3.8, 4) is 0 Å². The molecule has 0 bridgehead atoms. The molecule has 3 heteroatoms. The van der Waals surface area contributed by atoms with Crippen molar-refractivity contribution in [1.82, 2.24) is 4.98 Å². The predicted octanol–water partition coefficient (Wildman–Crippen LogP) is 3.45. The molecular weight excluding hydrogens is 214 g/mol. The molecule has 1 heterocycles. The van der Waals surface area contributed by atoms with E-state index in [4.69, 9.17) is 4.74 Å². The molecule has 0 spiro atoms. The zero-order chi connectivity index (χ0) is 12.5. The normalized spacial score (nSPS) is 10.5. The lowest BCUT2D eigenvalue weighted by molar-refractivity contribution is 0.0490. The van der Waals surface area contributed by atoms with Gasteiger partial charge in [-0.1, -0.05) is 39.2 Å². The van der Waals surface area contributed by atoms with Gasteiger partial charge >= 0.3 is 5.97 Å². The number of unbranched alkanes of at least 4 members (excludes halogenated alkanes) is 2. The maximum absolute atomic E-state index is 11.5. The van der Waals surface area contributed by atoms with E-state index in [1.807, 2.05) is 0 Å². The summed E-state index contributed by atoms with van der Waals surface area (Å²) in [6.45, 7) is 4.94. The second-order valence-electron chi connectivity index (χ2n) is 4.59. The standard InChI is InChI=1S/C14H21NO2/c1-12(2)8-4-3-7-11-17-14(16)13-9-5-6-10-15-13/h5-6,9-10,12H,3-4,7-8,11H2,1-2H3. The summed E-state index contributed by atoms with van der Waals surface area (Å²) in [5.41, 5.74) is 0.384. The summed E-state index contributed by atoms with van der Waals surface area (Å²) in [6, 6.07) is 5.23. The molecule has 1 aromatic rings. The van der Waals surface area contributed by atoms with Gasteiger partial charge in [0.15, 0.2) is 0 Å². The number of carbonyl (C=O) groups is 1. The molecule has 3 nitrogen and oxygen atoms in total. The smallest absolute Gasteiger partial charge is 0.356 e. The van der Waals surface area contributed by atoms with E-state index in [2.05, 4.69) is 18.8 Å². The van der Waals surface area contributed by atoms with Crippen molar-refractivity contribution in [3.05, 3.63) is 30.1 Å². The van der Waals surface area contributed by atoms with Gasteiger partial charge in [-0.05, 0) is 24.5 Å². The van der Waals surface area contributed by atoms with Crippen LogP contribution in [0.5, 0.6) is 0 Å². The Morgan fingerprint density at radius 2 is 2.12 bits per heavy atom. The van der Waals surface area contributed by atoms with Crippen LogP contribution in [0.15, 0.2) is 24.4 Å². The third kappa shape index (κ3) is 6.05. The number of ether oxygens (including phenoxy) is 1. The van der Waals surface area contributed by atoms with Crippen molar-refractivity contribution in [2.24, 2.45) is 5.92 Å². The first kappa shape index (κ1) is 13.7. The van der Waals surface area contributed by atoms with Crippen LogP contribution in [0.3, 0.4) is 0 Å². The summed E-state index contributed by atoms with van der Waals surface area (Å²) >= 11 is 0. The van der Waals surface area contributed by atoms with Crippen LogP contribution in [0, 0.1) is 5.92 Å². The predicted molar refractivity (Wildman–Crippen MR) is 67.8 cm³/mol. The Morgan fingerprint density at radius 3 is 2.76 bits per heavy atom. The maximum atomic E-state index is 11.5. The van der Waals surface area contributed by atoms with Crippen LogP contribution in [0.1, 0.15) is 50.0 Å². The topological polar surface area (TPSA) is 39.2 Å². The quantitative estimate of drug-likeness (QED) is 0.536. The highest BCUT2D eigenvalue weighted by Gasteiger charge is 2.06. The Labute approximate surface area is 103 Å². The Hall–Kier alpha value is -1.38. The molecule has 0 saturated carbocycles. The van der Waals surface area contributed by atoms with Gasteiger partial charge in [0.05, 0.1) is 6.61 Å². The fourth-order valence-corrected chi connectivity index (χ4v) is 1.55. The second kappa shape index (κ2) is 7.82. The largest absolute Gasteiger partial charge is 0.461 e. The second-order valence-corrected chi connectivity index (χ2v) is 4.59. The molecule has 0 amide bonds. The minimum Gasteiger partial charge on any atom is -0.461 e. The zero-order valence-corrected chi connectivity index (χ0v) is 10.7. The van der Waals surface area contributed by atoms with Crippen LogP contribution in [0.4, 0.5) is 0 Å². The van der Waals surface area contributed by atoms with E-state index in [1.165, 1.54) is 12.8 Å². The fourth-order valence-electron chi connectivity index (χ4n) is 1.55. The van der Waals surface area contributed by atoms with Crippen molar-refractivity contribution >= 4 is 5.97 Å². The summed E-state index contributed by atoms with van der Waals surface area (Å²) < 4.78 is 5.13. The lowest BCUT2D eigenvalue weighted by atomic mass is 10.1. The van der Waals surface area contributed by atoms with Gasteiger partial charge in [-0.2, -0.15) is 0 Å². The molecule has 0 aromatic carbocycles. The molecule has 1 aromatic heterocycles. The van der Waals surface area contributed by atoms with Gasteiger partial charge in [-0.25, -0.2) is 9.78 Å². The molecule has 1 rings (SSSR count). The number of esters is 1. The SMILES string of the molecule is CC(C)CCCCCOC(=O)c1ccccn1. The minimum absolute atomic E-state index is 0.325. The van der Waals surface area contributed by atoms with Crippen LogP contribution >= 0.6 is 0 Å². The van der Waals surface area contributed by atoms with E-state index < -0.39 is 0 Å². The summed E-state index contributed by atoms with van der Waals surface area (Å²) in [5.74, 6) is 0.431. The summed E-state index contributed by atoms with van der Waals surface area (Å²) in [5, 5.41) is 0. The molecule has 0 radical (unpaired) electrons. The van der Waals surface area contributed by atoms with Gasteiger partial charge in [0.25, 0.3) is 0 Å². The van der Waals surface area contributed by atoms with Crippen molar-refractivity contribution in [3.63, 3.8) is 0 Å². The van der Waals surface area contributed by atoms with Crippen LogP contribution in [-0.2, 0) is 4.74 Å². The minimum atomic E-state index is -0.325. The summed E-state index contributed by atoms with van der Waals surface area (Å²) in [6.07, 6.45) is 6.10. The van der Waals surface area contributed by atoms with E-state index in [9.17, 15) is 4.79 Å². The number of aromatic nitrogens is 1. The molecule has 17 heavy (non-hydrogen) atoms.